The number of Topliss-reactive ketones (excluding diaryl/α,β-unsaturated/α-hetero) is 1. The summed E-state index contributed by atoms with van der Waals surface area (Å²) in [7, 11) is 2.00. The van der Waals surface area contributed by atoms with Gasteiger partial charge in [0.25, 0.3) is 0 Å². The number of ketones is 1. The van der Waals surface area contributed by atoms with Crippen LogP contribution in [0.3, 0.4) is 0 Å². The van der Waals surface area contributed by atoms with Gasteiger partial charge >= 0.3 is 0 Å². The molecule has 0 rings (SSSR count). The SMILES string of the molecule is CNCCCCCCCSCC(C)=O. The van der Waals surface area contributed by atoms with Crippen LogP contribution in [-0.4, -0.2) is 30.9 Å². The summed E-state index contributed by atoms with van der Waals surface area (Å²) < 4.78 is 0. The largest absolute Gasteiger partial charge is 0.320 e. The molecule has 0 aromatic rings. The van der Waals surface area contributed by atoms with Gasteiger partial charge in [0.1, 0.15) is 5.78 Å². The molecule has 0 fully saturated rings. The van der Waals surface area contributed by atoms with Crippen molar-refractivity contribution in [1.29, 1.82) is 0 Å². The van der Waals surface area contributed by atoms with Gasteiger partial charge in [-0.3, -0.25) is 4.79 Å². The van der Waals surface area contributed by atoms with Crippen LogP contribution in [0.5, 0.6) is 0 Å². The number of rotatable bonds is 10. The van der Waals surface area contributed by atoms with Crippen LogP contribution in [0, 0.1) is 0 Å². The summed E-state index contributed by atoms with van der Waals surface area (Å²) in [6, 6.07) is 0. The lowest BCUT2D eigenvalue weighted by Gasteiger charge is -2.01. The highest BCUT2D eigenvalue weighted by atomic mass is 32.2. The minimum absolute atomic E-state index is 0.295. The van der Waals surface area contributed by atoms with Crippen molar-refractivity contribution in [2.75, 3.05) is 25.1 Å². The van der Waals surface area contributed by atoms with Gasteiger partial charge in [-0.25, -0.2) is 0 Å². The average Bonchev–Trinajstić information content (AvgIpc) is 2.15. The van der Waals surface area contributed by atoms with Crippen molar-refractivity contribution < 1.29 is 4.79 Å². The molecule has 0 atom stereocenters. The minimum Gasteiger partial charge on any atom is -0.320 e. The van der Waals surface area contributed by atoms with E-state index in [0.717, 1.165) is 12.3 Å². The van der Waals surface area contributed by atoms with Crippen LogP contribution in [0.25, 0.3) is 0 Å². The molecule has 0 aliphatic rings. The number of thioether (sulfide) groups is 1. The maximum atomic E-state index is 10.6. The Hall–Kier alpha value is -0.0200. The number of carbonyl (C=O) groups is 1. The van der Waals surface area contributed by atoms with E-state index in [-0.39, 0.29) is 0 Å². The van der Waals surface area contributed by atoms with Gasteiger partial charge in [-0.1, -0.05) is 19.3 Å². The van der Waals surface area contributed by atoms with E-state index in [1.807, 2.05) is 7.05 Å². The van der Waals surface area contributed by atoms with Crippen molar-refractivity contribution in [3.63, 3.8) is 0 Å². The van der Waals surface area contributed by atoms with Crippen molar-refractivity contribution in [3.8, 4) is 0 Å². The van der Waals surface area contributed by atoms with Gasteiger partial charge < -0.3 is 5.32 Å². The number of carbonyl (C=O) groups excluding carboxylic acids is 1. The Kier molecular flexibility index (Phi) is 11.0. The Morgan fingerprint density at radius 2 is 1.79 bits per heavy atom. The van der Waals surface area contributed by atoms with Gasteiger partial charge in [0.05, 0.1) is 5.75 Å². The van der Waals surface area contributed by atoms with Crippen molar-refractivity contribution in [2.45, 2.75) is 39.0 Å². The molecule has 84 valence electrons. The Labute approximate surface area is 92.2 Å². The second kappa shape index (κ2) is 11.1. The summed E-state index contributed by atoms with van der Waals surface area (Å²) in [5.74, 6) is 2.13. The molecule has 3 heteroatoms. The van der Waals surface area contributed by atoms with E-state index in [1.165, 1.54) is 32.1 Å². The monoisotopic (exact) mass is 217 g/mol. The molecule has 0 bridgehead atoms. The summed E-state index contributed by atoms with van der Waals surface area (Å²) in [5.41, 5.74) is 0. The van der Waals surface area contributed by atoms with Crippen molar-refractivity contribution in [1.82, 2.24) is 5.32 Å². The zero-order valence-corrected chi connectivity index (χ0v) is 10.3. The van der Waals surface area contributed by atoms with E-state index in [1.54, 1.807) is 18.7 Å². The predicted molar refractivity (Wildman–Crippen MR) is 65.0 cm³/mol. The molecule has 1 N–H and O–H groups in total. The third-order valence-corrected chi connectivity index (χ3v) is 3.21. The van der Waals surface area contributed by atoms with Crippen LogP contribution in [0.4, 0.5) is 0 Å². The fourth-order valence-corrected chi connectivity index (χ4v) is 2.09. The zero-order chi connectivity index (χ0) is 10.6. The minimum atomic E-state index is 0.295. The lowest BCUT2D eigenvalue weighted by molar-refractivity contribution is -0.114. The molecule has 0 saturated heterocycles. The first-order valence-corrected chi connectivity index (χ1v) is 6.64. The van der Waals surface area contributed by atoms with E-state index in [9.17, 15) is 4.79 Å². The molecule has 0 spiro atoms. The second-order valence-corrected chi connectivity index (χ2v) is 4.73. The van der Waals surface area contributed by atoms with E-state index in [2.05, 4.69) is 5.32 Å². The predicted octanol–water partition coefficient (Wildman–Crippen LogP) is 2.48. The van der Waals surface area contributed by atoms with Crippen LogP contribution in [-0.2, 0) is 4.79 Å². The third-order valence-electron chi connectivity index (χ3n) is 2.02. The molecule has 0 aromatic heterocycles. The standard InChI is InChI=1S/C11H23NOS/c1-11(13)10-14-9-7-5-3-4-6-8-12-2/h12H,3-10H2,1-2H3. The molecule has 0 aliphatic carbocycles. The molecule has 0 aromatic carbocycles. The molecule has 14 heavy (non-hydrogen) atoms. The fraction of sp³-hybridized carbons (Fsp3) is 0.909. The van der Waals surface area contributed by atoms with Gasteiger partial charge in [-0.15, -0.1) is 0 Å². The molecule has 0 heterocycles. The van der Waals surface area contributed by atoms with Crippen LogP contribution in [0.1, 0.15) is 39.0 Å². The molecule has 0 unspecified atom stereocenters. The quantitative estimate of drug-likeness (QED) is 0.570. The highest BCUT2D eigenvalue weighted by Gasteiger charge is 1.94. The fourth-order valence-electron chi connectivity index (χ4n) is 1.25. The molecule has 0 aliphatic heterocycles. The first kappa shape index (κ1) is 14.0. The maximum absolute atomic E-state index is 10.6. The summed E-state index contributed by atoms with van der Waals surface area (Å²) in [6.07, 6.45) is 6.53. The molecule has 0 radical (unpaired) electrons. The molecular formula is C11H23NOS. The summed E-state index contributed by atoms with van der Waals surface area (Å²) in [5, 5.41) is 3.15. The first-order valence-electron chi connectivity index (χ1n) is 5.49. The summed E-state index contributed by atoms with van der Waals surface area (Å²) in [6.45, 7) is 2.80. The highest BCUT2D eigenvalue weighted by molar-refractivity contribution is 7.99. The van der Waals surface area contributed by atoms with Crippen LogP contribution >= 0.6 is 11.8 Å². The van der Waals surface area contributed by atoms with Crippen LogP contribution < -0.4 is 5.32 Å². The van der Waals surface area contributed by atoms with Gasteiger partial charge in [-0.2, -0.15) is 11.8 Å². The number of unbranched alkanes of at least 4 members (excludes halogenated alkanes) is 4. The van der Waals surface area contributed by atoms with Gasteiger partial charge in [0, 0.05) is 0 Å². The van der Waals surface area contributed by atoms with Gasteiger partial charge in [-0.05, 0) is 39.1 Å². The molecular weight excluding hydrogens is 194 g/mol. The third kappa shape index (κ3) is 12.0. The number of hydrogen-bond acceptors (Lipinski definition) is 3. The number of nitrogens with one attached hydrogen (secondary N) is 1. The Morgan fingerprint density at radius 1 is 1.14 bits per heavy atom. The smallest absolute Gasteiger partial charge is 0.139 e. The Balaban J connectivity index is 2.88. The molecule has 0 saturated carbocycles. The zero-order valence-electron chi connectivity index (χ0n) is 9.47. The summed E-state index contributed by atoms with van der Waals surface area (Å²) in [4.78, 5) is 10.6. The molecule has 2 nitrogen and oxygen atoms in total. The van der Waals surface area contributed by atoms with E-state index < -0.39 is 0 Å². The lowest BCUT2D eigenvalue weighted by atomic mass is 10.1. The Morgan fingerprint density at radius 3 is 2.43 bits per heavy atom. The van der Waals surface area contributed by atoms with Gasteiger partial charge in [0.2, 0.25) is 0 Å². The van der Waals surface area contributed by atoms with Crippen molar-refractivity contribution in [2.24, 2.45) is 0 Å². The Bertz CT molecular complexity index is 139. The van der Waals surface area contributed by atoms with E-state index >= 15 is 0 Å². The van der Waals surface area contributed by atoms with E-state index in [4.69, 9.17) is 0 Å². The van der Waals surface area contributed by atoms with Gasteiger partial charge in [0.15, 0.2) is 0 Å². The topological polar surface area (TPSA) is 29.1 Å². The first-order chi connectivity index (χ1) is 6.77. The normalized spacial score (nSPS) is 10.4. The van der Waals surface area contributed by atoms with Crippen LogP contribution in [0.15, 0.2) is 0 Å². The highest BCUT2D eigenvalue weighted by Crippen LogP contribution is 2.08. The lowest BCUT2D eigenvalue weighted by Crippen LogP contribution is -2.06. The van der Waals surface area contributed by atoms with Crippen LogP contribution in [0.2, 0.25) is 0 Å². The van der Waals surface area contributed by atoms with Crippen molar-refractivity contribution >= 4 is 17.5 Å². The maximum Gasteiger partial charge on any atom is 0.139 e. The second-order valence-electron chi connectivity index (χ2n) is 3.63. The average molecular weight is 217 g/mol. The van der Waals surface area contributed by atoms with Crippen molar-refractivity contribution in [3.05, 3.63) is 0 Å². The molecule has 0 amide bonds. The van der Waals surface area contributed by atoms with E-state index in [0.29, 0.717) is 11.5 Å². The summed E-state index contributed by atoms with van der Waals surface area (Å²) >= 11 is 1.77. The number of hydrogen-bond donors (Lipinski definition) is 1.